The Morgan fingerprint density at radius 2 is 2.05 bits per heavy atom. The van der Waals surface area contributed by atoms with E-state index >= 15 is 0 Å². The van der Waals surface area contributed by atoms with Gasteiger partial charge < -0.3 is 4.90 Å². The number of anilines is 1. The van der Waals surface area contributed by atoms with Crippen LogP contribution in [0.25, 0.3) is 0 Å². The number of carbonyl (C=O) groups excluding carboxylic acids is 2. The molecule has 1 N–H and O–H groups in total. The lowest BCUT2D eigenvalue weighted by Crippen LogP contribution is -2.31. The van der Waals surface area contributed by atoms with Crippen molar-refractivity contribution >= 4 is 18.0 Å². The standard InChI is InChI=1S/C16H24N2O2/c1-12(2)14-6-5-7-15(10-14)18(4)13(3)8-9-16(20)17-11-19/h5-7,10-13H,8-9H2,1-4H3,(H,17,19,20). The summed E-state index contributed by atoms with van der Waals surface area (Å²) >= 11 is 0. The van der Waals surface area contributed by atoms with Gasteiger partial charge in [-0.2, -0.15) is 0 Å². The molecule has 0 aliphatic carbocycles. The molecule has 0 fully saturated rings. The van der Waals surface area contributed by atoms with Gasteiger partial charge in [0.15, 0.2) is 0 Å². The average molecular weight is 276 g/mol. The Kier molecular flexibility index (Phi) is 6.22. The average Bonchev–Trinajstić information content (AvgIpc) is 2.44. The molecular weight excluding hydrogens is 252 g/mol. The highest BCUT2D eigenvalue weighted by molar-refractivity contribution is 5.85. The molecule has 1 aromatic rings. The lowest BCUT2D eigenvalue weighted by atomic mass is 10.0. The van der Waals surface area contributed by atoms with Gasteiger partial charge in [-0.3, -0.25) is 14.9 Å². The molecule has 0 radical (unpaired) electrons. The summed E-state index contributed by atoms with van der Waals surface area (Å²) in [6.45, 7) is 6.43. The van der Waals surface area contributed by atoms with E-state index in [-0.39, 0.29) is 11.9 Å². The van der Waals surface area contributed by atoms with Crippen LogP contribution in [-0.4, -0.2) is 25.4 Å². The minimum Gasteiger partial charge on any atom is -0.372 e. The zero-order valence-electron chi connectivity index (χ0n) is 12.7. The molecule has 0 heterocycles. The number of nitrogens with zero attached hydrogens (tertiary/aromatic N) is 1. The maximum Gasteiger partial charge on any atom is 0.226 e. The van der Waals surface area contributed by atoms with Gasteiger partial charge in [0.1, 0.15) is 0 Å². The minimum atomic E-state index is -0.226. The largest absolute Gasteiger partial charge is 0.372 e. The Morgan fingerprint density at radius 3 is 2.65 bits per heavy atom. The van der Waals surface area contributed by atoms with E-state index < -0.39 is 0 Å². The summed E-state index contributed by atoms with van der Waals surface area (Å²) in [5, 5.41) is 2.17. The van der Waals surface area contributed by atoms with Crippen LogP contribution >= 0.6 is 0 Å². The number of carbonyl (C=O) groups is 2. The first-order chi connectivity index (χ1) is 9.45. The highest BCUT2D eigenvalue weighted by atomic mass is 16.2. The van der Waals surface area contributed by atoms with Crippen LogP contribution in [-0.2, 0) is 9.59 Å². The van der Waals surface area contributed by atoms with Crippen LogP contribution in [0.3, 0.4) is 0 Å². The van der Waals surface area contributed by atoms with Crippen molar-refractivity contribution in [1.29, 1.82) is 0 Å². The van der Waals surface area contributed by atoms with Gasteiger partial charge in [-0.15, -0.1) is 0 Å². The molecule has 4 nitrogen and oxygen atoms in total. The van der Waals surface area contributed by atoms with E-state index in [9.17, 15) is 9.59 Å². The van der Waals surface area contributed by atoms with E-state index in [0.29, 0.717) is 25.2 Å². The lowest BCUT2D eigenvalue weighted by molar-refractivity contribution is -0.125. The molecule has 0 saturated carbocycles. The van der Waals surface area contributed by atoms with Crippen LogP contribution in [0, 0.1) is 0 Å². The van der Waals surface area contributed by atoms with Gasteiger partial charge in [0.25, 0.3) is 0 Å². The highest BCUT2D eigenvalue weighted by Gasteiger charge is 2.13. The van der Waals surface area contributed by atoms with E-state index in [1.807, 2.05) is 7.05 Å². The Hall–Kier alpha value is -1.84. The van der Waals surface area contributed by atoms with E-state index in [1.54, 1.807) is 0 Å². The minimum absolute atomic E-state index is 0.226. The molecule has 4 heteroatoms. The summed E-state index contributed by atoms with van der Waals surface area (Å²) in [5.74, 6) is 0.271. The predicted octanol–water partition coefficient (Wildman–Crippen LogP) is 2.69. The number of rotatable bonds is 7. The van der Waals surface area contributed by atoms with Gasteiger partial charge in [0.05, 0.1) is 0 Å². The summed E-state index contributed by atoms with van der Waals surface area (Å²) in [6.07, 6.45) is 1.50. The summed E-state index contributed by atoms with van der Waals surface area (Å²) in [6, 6.07) is 8.69. The molecule has 0 saturated heterocycles. The van der Waals surface area contributed by atoms with Gasteiger partial charge in [-0.05, 0) is 37.0 Å². The molecule has 1 unspecified atom stereocenters. The van der Waals surface area contributed by atoms with Crippen molar-refractivity contribution in [1.82, 2.24) is 5.32 Å². The SMILES string of the molecule is CC(C)c1cccc(N(C)C(C)CCC(=O)NC=O)c1. The zero-order valence-corrected chi connectivity index (χ0v) is 12.7. The molecule has 0 bridgehead atoms. The second-order valence-electron chi connectivity index (χ2n) is 5.43. The second kappa shape index (κ2) is 7.68. The molecular formula is C16H24N2O2. The van der Waals surface area contributed by atoms with Gasteiger partial charge in [0, 0.05) is 25.2 Å². The van der Waals surface area contributed by atoms with Crippen LogP contribution < -0.4 is 10.2 Å². The molecule has 0 aromatic heterocycles. The molecule has 1 aromatic carbocycles. The number of amides is 2. The van der Waals surface area contributed by atoms with Crippen LogP contribution in [0.5, 0.6) is 0 Å². The fraction of sp³-hybridized carbons (Fsp3) is 0.500. The topological polar surface area (TPSA) is 49.4 Å². The molecule has 1 rings (SSSR count). The van der Waals surface area contributed by atoms with Gasteiger partial charge in [-0.25, -0.2) is 0 Å². The molecule has 20 heavy (non-hydrogen) atoms. The van der Waals surface area contributed by atoms with Crippen molar-refractivity contribution < 1.29 is 9.59 Å². The van der Waals surface area contributed by atoms with Gasteiger partial charge in [-0.1, -0.05) is 26.0 Å². The van der Waals surface area contributed by atoms with E-state index in [4.69, 9.17) is 0 Å². The third-order valence-electron chi connectivity index (χ3n) is 3.61. The number of hydrogen-bond acceptors (Lipinski definition) is 3. The van der Waals surface area contributed by atoms with Crippen LogP contribution in [0.15, 0.2) is 24.3 Å². The maximum atomic E-state index is 11.3. The number of nitrogens with one attached hydrogen (secondary N) is 1. The van der Waals surface area contributed by atoms with Crippen molar-refractivity contribution in [3.8, 4) is 0 Å². The second-order valence-corrected chi connectivity index (χ2v) is 5.43. The Morgan fingerprint density at radius 1 is 1.35 bits per heavy atom. The monoisotopic (exact) mass is 276 g/mol. The number of imide groups is 1. The van der Waals surface area contributed by atoms with Crippen molar-refractivity contribution in [2.75, 3.05) is 11.9 Å². The number of benzene rings is 1. The molecule has 2 amide bonds. The van der Waals surface area contributed by atoms with Crippen LogP contribution in [0.4, 0.5) is 5.69 Å². The third-order valence-corrected chi connectivity index (χ3v) is 3.61. The number of hydrogen-bond donors (Lipinski definition) is 1. The molecule has 0 spiro atoms. The van der Waals surface area contributed by atoms with Crippen LogP contribution in [0.2, 0.25) is 0 Å². The van der Waals surface area contributed by atoms with Gasteiger partial charge >= 0.3 is 0 Å². The maximum absolute atomic E-state index is 11.3. The fourth-order valence-corrected chi connectivity index (χ4v) is 2.03. The Balaban J connectivity index is 2.64. The first-order valence-corrected chi connectivity index (χ1v) is 7.01. The zero-order chi connectivity index (χ0) is 15.1. The van der Waals surface area contributed by atoms with E-state index in [1.165, 1.54) is 5.56 Å². The normalized spacial score (nSPS) is 12.1. The molecule has 110 valence electrons. The van der Waals surface area contributed by atoms with Gasteiger partial charge in [0.2, 0.25) is 12.3 Å². The first kappa shape index (κ1) is 16.2. The quantitative estimate of drug-likeness (QED) is 0.779. The Bertz CT molecular complexity index is 458. The van der Waals surface area contributed by atoms with Crippen molar-refractivity contribution in [2.45, 2.75) is 45.6 Å². The molecule has 0 aliphatic rings. The van der Waals surface area contributed by atoms with E-state index in [2.05, 4.69) is 55.3 Å². The molecule has 1 atom stereocenters. The van der Waals surface area contributed by atoms with E-state index in [0.717, 1.165) is 5.69 Å². The summed E-state index contributed by atoms with van der Waals surface area (Å²) in [5.41, 5.74) is 2.46. The third kappa shape index (κ3) is 4.68. The summed E-state index contributed by atoms with van der Waals surface area (Å²) in [7, 11) is 2.03. The van der Waals surface area contributed by atoms with Crippen LogP contribution in [0.1, 0.15) is 45.1 Å². The smallest absolute Gasteiger partial charge is 0.226 e. The van der Waals surface area contributed by atoms with Crippen molar-refractivity contribution in [3.63, 3.8) is 0 Å². The Labute approximate surface area is 121 Å². The lowest BCUT2D eigenvalue weighted by Gasteiger charge is -2.27. The highest BCUT2D eigenvalue weighted by Crippen LogP contribution is 2.23. The first-order valence-electron chi connectivity index (χ1n) is 7.01. The molecule has 0 aliphatic heterocycles. The summed E-state index contributed by atoms with van der Waals surface area (Å²) < 4.78 is 0. The predicted molar refractivity (Wildman–Crippen MR) is 81.8 cm³/mol. The summed E-state index contributed by atoms with van der Waals surface area (Å²) in [4.78, 5) is 23.6. The fourth-order valence-electron chi connectivity index (χ4n) is 2.03. The van der Waals surface area contributed by atoms with Crippen molar-refractivity contribution in [3.05, 3.63) is 29.8 Å². The van der Waals surface area contributed by atoms with Crippen molar-refractivity contribution in [2.24, 2.45) is 0 Å².